The highest BCUT2D eigenvalue weighted by molar-refractivity contribution is 5.94. The highest BCUT2D eigenvalue weighted by Gasteiger charge is 2.15. The number of aromatic carboxylic acids is 1. The Morgan fingerprint density at radius 1 is 1.61 bits per heavy atom. The van der Waals surface area contributed by atoms with Crippen LogP contribution in [-0.4, -0.2) is 30.8 Å². The van der Waals surface area contributed by atoms with Crippen molar-refractivity contribution in [2.75, 3.05) is 24.8 Å². The number of carbonyl (C=O) groups is 1. The number of carboxylic acid groups (broad SMARTS) is 1. The second-order valence-electron chi connectivity index (χ2n) is 3.93. The average Bonchev–Trinajstić information content (AvgIpc) is 2.31. The van der Waals surface area contributed by atoms with Crippen molar-refractivity contribution in [3.63, 3.8) is 0 Å². The molecular weight excluding hydrogens is 239 g/mol. The van der Waals surface area contributed by atoms with Crippen LogP contribution in [0.25, 0.3) is 0 Å². The van der Waals surface area contributed by atoms with E-state index in [1.807, 2.05) is 6.92 Å². The maximum absolute atomic E-state index is 13.7. The largest absolute Gasteiger partial charge is 0.478 e. The Balaban J connectivity index is 3.01. The normalized spacial score (nSPS) is 12.2. The molecule has 4 N–H and O–H groups in total. The number of nitrogens with one attached hydrogen (secondary N) is 1. The number of halogens is 1. The van der Waals surface area contributed by atoms with Crippen LogP contribution in [0.15, 0.2) is 12.1 Å². The molecule has 6 heteroatoms. The molecule has 0 aromatic heterocycles. The maximum atomic E-state index is 13.7. The molecule has 0 heterocycles. The van der Waals surface area contributed by atoms with E-state index in [1.54, 1.807) is 7.11 Å². The van der Waals surface area contributed by atoms with Gasteiger partial charge in [-0.1, -0.05) is 6.92 Å². The van der Waals surface area contributed by atoms with Crippen LogP contribution in [0.5, 0.6) is 0 Å². The number of benzene rings is 1. The van der Waals surface area contributed by atoms with Crippen molar-refractivity contribution < 1.29 is 19.0 Å². The summed E-state index contributed by atoms with van der Waals surface area (Å²) in [6.07, 6.45) is 0.722. The highest BCUT2D eigenvalue weighted by atomic mass is 19.1. The van der Waals surface area contributed by atoms with E-state index >= 15 is 0 Å². The fourth-order valence-corrected chi connectivity index (χ4v) is 1.57. The third-order valence-corrected chi connectivity index (χ3v) is 2.59. The molecule has 0 spiro atoms. The number of nitrogens with two attached hydrogens (primary N) is 1. The Bertz CT molecular complexity index is 438. The summed E-state index contributed by atoms with van der Waals surface area (Å²) in [7, 11) is 1.55. The van der Waals surface area contributed by atoms with Crippen molar-refractivity contribution in [3.8, 4) is 0 Å². The molecular formula is C12H17FN2O3. The molecule has 0 aliphatic heterocycles. The summed E-state index contributed by atoms with van der Waals surface area (Å²) in [6, 6.07) is 2.12. The third-order valence-electron chi connectivity index (χ3n) is 2.59. The molecule has 0 saturated carbocycles. The minimum Gasteiger partial charge on any atom is -0.478 e. The number of methoxy groups -OCH3 is 1. The van der Waals surface area contributed by atoms with E-state index in [9.17, 15) is 9.18 Å². The van der Waals surface area contributed by atoms with E-state index in [2.05, 4.69) is 5.32 Å². The standard InChI is InChI=1S/C12H17FN2O3/c1-3-7(6-18-2)15-11-4-8(12(16)17)10(14)5-9(11)13/h4-5,7,15H,3,6,14H2,1-2H3,(H,16,17). The van der Waals surface area contributed by atoms with Crippen LogP contribution >= 0.6 is 0 Å². The predicted octanol–water partition coefficient (Wildman–Crippen LogP) is 1.94. The summed E-state index contributed by atoms with van der Waals surface area (Å²) < 4.78 is 18.6. The third kappa shape index (κ3) is 3.33. The molecule has 0 bridgehead atoms. The number of rotatable bonds is 6. The van der Waals surface area contributed by atoms with Gasteiger partial charge in [0.05, 0.1) is 17.9 Å². The van der Waals surface area contributed by atoms with Gasteiger partial charge in [-0.15, -0.1) is 0 Å². The van der Waals surface area contributed by atoms with Gasteiger partial charge in [0.1, 0.15) is 5.82 Å². The van der Waals surface area contributed by atoms with Gasteiger partial charge >= 0.3 is 5.97 Å². The predicted molar refractivity (Wildman–Crippen MR) is 67.3 cm³/mol. The van der Waals surface area contributed by atoms with Crippen LogP contribution in [0, 0.1) is 5.82 Å². The molecule has 0 aliphatic rings. The molecule has 1 unspecified atom stereocenters. The number of hydrogen-bond donors (Lipinski definition) is 3. The van der Waals surface area contributed by atoms with Crippen molar-refractivity contribution in [1.82, 2.24) is 0 Å². The quantitative estimate of drug-likeness (QED) is 0.677. The van der Waals surface area contributed by atoms with E-state index in [0.29, 0.717) is 6.61 Å². The maximum Gasteiger partial charge on any atom is 0.337 e. The molecule has 1 rings (SSSR count). The van der Waals surface area contributed by atoms with Gasteiger partial charge in [0.2, 0.25) is 0 Å². The lowest BCUT2D eigenvalue weighted by molar-refractivity contribution is 0.0698. The average molecular weight is 256 g/mol. The second-order valence-corrected chi connectivity index (χ2v) is 3.93. The minimum absolute atomic E-state index is 0.0882. The van der Waals surface area contributed by atoms with Crippen LogP contribution in [-0.2, 0) is 4.74 Å². The Morgan fingerprint density at radius 3 is 2.78 bits per heavy atom. The van der Waals surface area contributed by atoms with Gasteiger partial charge in [-0.3, -0.25) is 0 Å². The minimum atomic E-state index is -1.18. The van der Waals surface area contributed by atoms with Crippen LogP contribution in [0.1, 0.15) is 23.7 Å². The van der Waals surface area contributed by atoms with E-state index < -0.39 is 11.8 Å². The van der Waals surface area contributed by atoms with E-state index in [0.717, 1.165) is 12.5 Å². The molecule has 0 amide bonds. The zero-order valence-corrected chi connectivity index (χ0v) is 10.4. The first-order valence-corrected chi connectivity index (χ1v) is 5.57. The van der Waals surface area contributed by atoms with Gasteiger partial charge in [0, 0.05) is 18.8 Å². The lowest BCUT2D eigenvalue weighted by atomic mass is 10.1. The molecule has 100 valence electrons. The zero-order valence-electron chi connectivity index (χ0n) is 10.4. The van der Waals surface area contributed by atoms with Crippen LogP contribution in [0.2, 0.25) is 0 Å². The molecule has 1 aromatic rings. The Morgan fingerprint density at radius 2 is 2.28 bits per heavy atom. The molecule has 0 aliphatic carbocycles. The van der Waals surface area contributed by atoms with Crippen molar-refractivity contribution in [2.24, 2.45) is 0 Å². The Hall–Kier alpha value is -1.82. The molecule has 0 radical (unpaired) electrons. The van der Waals surface area contributed by atoms with E-state index in [-0.39, 0.29) is 23.0 Å². The van der Waals surface area contributed by atoms with Gasteiger partial charge in [0.15, 0.2) is 0 Å². The number of carboxylic acids is 1. The molecule has 5 nitrogen and oxygen atoms in total. The van der Waals surface area contributed by atoms with Gasteiger partial charge in [-0.05, 0) is 18.6 Å². The lowest BCUT2D eigenvalue weighted by Gasteiger charge is -2.18. The second kappa shape index (κ2) is 6.20. The summed E-state index contributed by atoms with van der Waals surface area (Å²) in [6.45, 7) is 2.33. The topological polar surface area (TPSA) is 84.6 Å². The van der Waals surface area contributed by atoms with Gasteiger partial charge in [-0.2, -0.15) is 0 Å². The smallest absolute Gasteiger partial charge is 0.337 e. The zero-order chi connectivity index (χ0) is 13.7. The molecule has 0 saturated heterocycles. The van der Waals surface area contributed by atoms with Crippen LogP contribution in [0.3, 0.4) is 0 Å². The summed E-state index contributed by atoms with van der Waals surface area (Å²) in [5, 5.41) is 11.8. The Labute approximate surface area is 105 Å². The summed E-state index contributed by atoms with van der Waals surface area (Å²) in [5.41, 5.74) is 5.34. The van der Waals surface area contributed by atoms with Crippen molar-refractivity contribution >= 4 is 17.3 Å². The van der Waals surface area contributed by atoms with E-state index in [1.165, 1.54) is 6.07 Å². The molecule has 1 atom stereocenters. The summed E-state index contributed by atoms with van der Waals surface area (Å²) in [5.74, 6) is -1.76. The fourth-order valence-electron chi connectivity index (χ4n) is 1.57. The van der Waals surface area contributed by atoms with Gasteiger partial charge in [-0.25, -0.2) is 9.18 Å². The summed E-state index contributed by atoms with van der Waals surface area (Å²) in [4.78, 5) is 10.9. The monoisotopic (exact) mass is 256 g/mol. The number of anilines is 2. The van der Waals surface area contributed by atoms with Crippen LogP contribution < -0.4 is 11.1 Å². The molecule has 1 aromatic carbocycles. The first-order valence-electron chi connectivity index (χ1n) is 5.57. The van der Waals surface area contributed by atoms with Gasteiger partial charge < -0.3 is 20.9 Å². The molecule has 18 heavy (non-hydrogen) atoms. The Kier molecular flexibility index (Phi) is 4.91. The first kappa shape index (κ1) is 14.2. The van der Waals surface area contributed by atoms with Crippen molar-refractivity contribution in [3.05, 3.63) is 23.5 Å². The number of nitrogen functional groups attached to an aromatic ring is 1. The van der Waals surface area contributed by atoms with Gasteiger partial charge in [0.25, 0.3) is 0 Å². The van der Waals surface area contributed by atoms with Crippen molar-refractivity contribution in [2.45, 2.75) is 19.4 Å². The van der Waals surface area contributed by atoms with Crippen molar-refractivity contribution in [1.29, 1.82) is 0 Å². The summed E-state index contributed by atoms with van der Waals surface area (Å²) >= 11 is 0. The fraction of sp³-hybridized carbons (Fsp3) is 0.417. The number of hydrogen-bond acceptors (Lipinski definition) is 4. The molecule has 0 fully saturated rings. The highest BCUT2D eigenvalue weighted by Crippen LogP contribution is 2.23. The van der Waals surface area contributed by atoms with Crippen LogP contribution in [0.4, 0.5) is 15.8 Å². The SMILES string of the molecule is CCC(COC)Nc1cc(C(=O)O)c(N)cc1F. The number of ether oxygens (including phenoxy) is 1. The first-order chi connectivity index (χ1) is 8.49. The van der Waals surface area contributed by atoms with E-state index in [4.69, 9.17) is 15.6 Å². The lowest BCUT2D eigenvalue weighted by Crippen LogP contribution is -2.24.